The van der Waals surface area contributed by atoms with Crippen LogP contribution in [0.3, 0.4) is 0 Å². The van der Waals surface area contributed by atoms with Crippen LogP contribution in [0.1, 0.15) is 40.5 Å². The van der Waals surface area contributed by atoms with Gasteiger partial charge in [-0.05, 0) is 59.5 Å². The summed E-state index contributed by atoms with van der Waals surface area (Å²) in [6.45, 7) is 11.9. The third-order valence-electron chi connectivity index (χ3n) is 3.03. The lowest BCUT2D eigenvalue weighted by Crippen LogP contribution is -2.50. The summed E-state index contributed by atoms with van der Waals surface area (Å²) in [5.74, 6) is 0.606. The van der Waals surface area contributed by atoms with Crippen LogP contribution in [0.25, 0.3) is 0 Å². The molecular weight excluding hydrogens is 214 g/mol. The van der Waals surface area contributed by atoms with Crippen LogP contribution in [-0.4, -0.2) is 42.6 Å². The summed E-state index contributed by atoms with van der Waals surface area (Å²) in [6.07, 6.45) is 2.45. The predicted molar refractivity (Wildman–Crippen MR) is 71.1 cm³/mol. The second-order valence-electron chi connectivity index (χ2n) is 5.93. The summed E-state index contributed by atoms with van der Waals surface area (Å²) in [5.41, 5.74) is -0.157. The zero-order chi connectivity index (χ0) is 12.9. The first kappa shape index (κ1) is 14.3. The molecule has 1 saturated heterocycles. The van der Waals surface area contributed by atoms with Crippen molar-refractivity contribution in [2.45, 2.75) is 46.1 Å². The molecule has 17 heavy (non-hydrogen) atoms. The number of amides is 2. The molecule has 1 atom stereocenters. The molecule has 0 aromatic carbocycles. The monoisotopic (exact) mass is 241 g/mol. The fourth-order valence-electron chi connectivity index (χ4n) is 2.15. The molecule has 1 rings (SSSR count). The Kier molecular flexibility index (Phi) is 5.25. The van der Waals surface area contributed by atoms with Crippen molar-refractivity contribution in [2.75, 3.05) is 26.2 Å². The van der Waals surface area contributed by atoms with E-state index in [-0.39, 0.29) is 11.6 Å². The number of rotatable bonds is 3. The Hall–Kier alpha value is -0.770. The third kappa shape index (κ3) is 5.39. The molecule has 2 amide bonds. The highest BCUT2D eigenvalue weighted by Gasteiger charge is 2.22. The van der Waals surface area contributed by atoms with Crippen LogP contribution in [0.5, 0.6) is 0 Å². The van der Waals surface area contributed by atoms with Crippen LogP contribution < -0.4 is 10.6 Å². The van der Waals surface area contributed by atoms with E-state index in [0.29, 0.717) is 5.92 Å². The van der Waals surface area contributed by atoms with Crippen molar-refractivity contribution in [1.82, 2.24) is 15.5 Å². The molecule has 1 unspecified atom stereocenters. The van der Waals surface area contributed by atoms with Gasteiger partial charge in [0.2, 0.25) is 0 Å². The minimum Gasteiger partial charge on any atom is -0.333 e. The minimum absolute atomic E-state index is 0.0607. The summed E-state index contributed by atoms with van der Waals surface area (Å²) in [7, 11) is 0. The molecule has 0 radical (unpaired) electrons. The van der Waals surface area contributed by atoms with Gasteiger partial charge in [-0.2, -0.15) is 0 Å². The summed E-state index contributed by atoms with van der Waals surface area (Å²) in [4.78, 5) is 14.0. The largest absolute Gasteiger partial charge is 0.333 e. The highest BCUT2D eigenvalue weighted by molar-refractivity contribution is 5.74. The smallest absolute Gasteiger partial charge is 0.317 e. The van der Waals surface area contributed by atoms with Crippen molar-refractivity contribution in [3.05, 3.63) is 0 Å². The zero-order valence-electron chi connectivity index (χ0n) is 11.7. The van der Waals surface area contributed by atoms with E-state index in [2.05, 4.69) is 10.6 Å². The maximum Gasteiger partial charge on any atom is 0.317 e. The first-order valence-corrected chi connectivity index (χ1v) is 6.70. The molecular formula is C13H27N3O. The van der Waals surface area contributed by atoms with Gasteiger partial charge in [-0.3, -0.25) is 0 Å². The number of hydrogen-bond acceptors (Lipinski definition) is 2. The molecule has 0 saturated carbocycles. The average molecular weight is 241 g/mol. The Morgan fingerprint density at radius 2 is 2.18 bits per heavy atom. The number of carbonyl (C=O) groups is 1. The Balaban J connectivity index is 2.43. The average Bonchev–Trinajstić information content (AvgIpc) is 2.24. The van der Waals surface area contributed by atoms with Gasteiger partial charge in [-0.1, -0.05) is 0 Å². The molecule has 1 fully saturated rings. The van der Waals surface area contributed by atoms with Crippen molar-refractivity contribution in [1.29, 1.82) is 0 Å². The molecule has 0 spiro atoms. The van der Waals surface area contributed by atoms with Crippen molar-refractivity contribution in [3.63, 3.8) is 0 Å². The van der Waals surface area contributed by atoms with Gasteiger partial charge in [0.25, 0.3) is 0 Å². The lowest BCUT2D eigenvalue weighted by molar-refractivity contribution is 0.176. The number of nitrogens with zero attached hydrogens (tertiary/aromatic N) is 1. The van der Waals surface area contributed by atoms with Crippen LogP contribution in [0.4, 0.5) is 4.79 Å². The molecule has 1 aliphatic rings. The summed E-state index contributed by atoms with van der Waals surface area (Å²) in [5, 5.41) is 6.42. The van der Waals surface area contributed by atoms with Crippen LogP contribution in [-0.2, 0) is 0 Å². The zero-order valence-corrected chi connectivity index (χ0v) is 11.7. The fourth-order valence-corrected chi connectivity index (χ4v) is 2.15. The van der Waals surface area contributed by atoms with Crippen LogP contribution in [0.2, 0.25) is 0 Å². The molecule has 0 aromatic rings. The van der Waals surface area contributed by atoms with Crippen molar-refractivity contribution in [3.8, 4) is 0 Å². The fraction of sp³-hybridized carbons (Fsp3) is 0.923. The lowest BCUT2D eigenvalue weighted by atomic mass is 9.99. The van der Waals surface area contributed by atoms with E-state index in [9.17, 15) is 4.79 Å². The van der Waals surface area contributed by atoms with Gasteiger partial charge in [0.1, 0.15) is 0 Å². The molecule has 4 heteroatoms. The molecule has 0 aliphatic carbocycles. The highest BCUT2D eigenvalue weighted by Crippen LogP contribution is 2.12. The lowest BCUT2D eigenvalue weighted by Gasteiger charge is -2.32. The van der Waals surface area contributed by atoms with Gasteiger partial charge in [0, 0.05) is 18.6 Å². The van der Waals surface area contributed by atoms with Crippen LogP contribution >= 0.6 is 0 Å². The Morgan fingerprint density at radius 3 is 2.65 bits per heavy atom. The number of nitrogens with one attached hydrogen (secondary N) is 2. The van der Waals surface area contributed by atoms with Crippen molar-refractivity contribution in [2.24, 2.45) is 5.92 Å². The summed E-state index contributed by atoms with van der Waals surface area (Å²) >= 11 is 0. The molecule has 1 aliphatic heterocycles. The Morgan fingerprint density at radius 1 is 1.47 bits per heavy atom. The molecule has 2 N–H and O–H groups in total. The van der Waals surface area contributed by atoms with E-state index in [1.54, 1.807) is 0 Å². The maximum atomic E-state index is 12.1. The first-order chi connectivity index (χ1) is 7.92. The van der Waals surface area contributed by atoms with Gasteiger partial charge >= 0.3 is 6.03 Å². The molecule has 0 aromatic heterocycles. The first-order valence-electron chi connectivity index (χ1n) is 6.70. The van der Waals surface area contributed by atoms with E-state index in [4.69, 9.17) is 0 Å². The highest BCUT2D eigenvalue weighted by atomic mass is 16.2. The summed E-state index contributed by atoms with van der Waals surface area (Å²) < 4.78 is 0. The van der Waals surface area contributed by atoms with E-state index in [1.807, 2.05) is 32.6 Å². The third-order valence-corrected chi connectivity index (χ3v) is 3.03. The number of urea groups is 1. The van der Waals surface area contributed by atoms with Gasteiger partial charge in [-0.15, -0.1) is 0 Å². The summed E-state index contributed by atoms with van der Waals surface area (Å²) in [6, 6.07) is 0.0607. The SMILES string of the molecule is CCN(CC1CCCNC1)C(=O)NC(C)(C)C. The topological polar surface area (TPSA) is 44.4 Å². The standard InChI is InChI=1S/C13H27N3O/c1-5-16(12(17)15-13(2,3)4)10-11-7-6-8-14-9-11/h11,14H,5-10H2,1-4H3,(H,15,17). The van der Waals surface area contributed by atoms with E-state index in [1.165, 1.54) is 12.8 Å². The molecule has 0 bridgehead atoms. The second kappa shape index (κ2) is 6.24. The number of hydrogen-bond donors (Lipinski definition) is 2. The van der Waals surface area contributed by atoms with E-state index < -0.39 is 0 Å². The molecule has 100 valence electrons. The second-order valence-corrected chi connectivity index (χ2v) is 5.93. The Labute approximate surface area is 105 Å². The van der Waals surface area contributed by atoms with Gasteiger partial charge in [0.15, 0.2) is 0 Å². The molecule has 4 nitrogen and oxygen atoms in total. The normalized spacial score (nSPS) is 21.1. The predicted octanol–water partition coefficient (Wildman–Crippen LogP) is 1.82. The van der Waals surface area contributed by atoms with Crippen molar-refractivity contribution < 1.29 is 4.79 Å². The van der Waals surface area contributed by atoms with Crippen molar-refractivity contribution >= 4 is 6.03 Å². The van der Waals surface area contributed by atoms with Crippen LogP contribution in [0.15, 0.2) is 0 Å². The van der Waals surface area contributed by atoms with Crippen LogP contribution in [0, 0.1) is 5.92 Å². The number of piperidine rings is 1. The Bertz CT molecular complexity index is 242. The van der Waals surface area contributed by atoms with E-state index >= 15 is 0 Å². The molecule has 1 heterocycles. The maximum absolute atomic E-state index is 12.1. The minimum atomic E-state index is -0.157. The van der Waals surface area contributed by atoms with E-state index in [0.717, 1.165) is 26.2 Å². The van der Waals surface area contributed by atoms with Gasteiger partial charge in [-0.25, -0.2) is 4.79 Å². The quantitative estimate of drug-likeness (QED) is 0.791. The van der Waals surface area contributed by atoms with Gasteiger partial charge < -0.3 is 15.5 Å². The van der Waals surface area contributed by atoms with Gasteiger partial charge in [0.05, 0.1) is 0 Å². The number of carbonyl (C=O) groups excluding carboxylic acids is 1.